The second-order valence-corrected chi connectivity index (χ2v) is 6.68. The number of nitrogens with one attached hydrogen (secondary N) is 1. The summed E-state index contributed by atoms with van der Waals surface area (Å²) in [5, 5.41) is 0.163. The SMILES string of the molecule is CCc1ccc(NS(=O)(=O)c2ccc(CN)cc2Cl)cc1. The fraction of sp³-hybridized carbons (Fsp3) is 0.200. The summed E-state index contributed by atoms with van der Waals surface area (Å²) < 4.78 is 27.2. The fourth-order valence-electron chi connectivity index (χ4n) is 1.91. The number of halogens is 1. The van der Waals surface area contributed by atoms with E-state index in [-0.39, 0.29) is 9.92 Å². The molecule has 0 atom stereocenters. The van der Waals surface area contributed by atoms with Crippen molar-refractivity contribution in [2.45, 2.75) is 24.8 Å². The molecule has 0 heterocycles. The van der Waals surface area contributed by atoms with Crippen molar-refractivity contribution >= 4 is 27.3 Å². The molecule has 0 unspecified atom stereocenters. The zero-order valence-electron chi connectivity index (χ0n) is 11.6. The molecule has 21 heavy (non-hydrogen) atoms. The van der Waals surface area contributed by atoms with Gasteiger partial charge in [-0.2, -0.15) is 0 Å². The van der Waals surface area contributed by atoms with Crippen LogP contribution >= 0.6 is 11.6 Å². The van der Waals surface area contributed by atoms with E-state index < -0.39 is 10.0 Å². The van der Waals surface area contributed by atoms with Crippen LogP contribution in [0.25, 0.3) is 0 Å². The monoisotopic (exact) mass is 324 g/mol. The van der Waals surface area contributed by atoms with E-state index in [1.807, 2.05) is 19.1 Å². The Balaban J connectivity index is 2.29. The van der Waals surface area contributed by atoms with Crippen molar-refractivity contribution in [1.29, 1.82) is 0 Å². The van der Waals surface area contributed by atoms with Crippen molar-refractivity contribution in [3.05, 3.63) is 58.6 Å². The van der Waals surface area contributed by atoms with E-state index in [2.05, 4.69) is 4.72 Å². The summed E-state index contributed by atoms with van der Waals surface area (Å²) in [7, 11) is -3.71. The van der Waals surface area contributed by atoms with Crippen LogP contribution in [-0.4, -0.2) is 8.42 Å². The van der Waals surface area contributed by atoms with Gasteiger partial charge in [-0.15, -0.1) is 0 Å². The summed E-state index contributed by atoms with van der Waals surface area (Å²) in [6.45, 7) is 2.35. The predicted octanol–water partition coefficient (Wildman–Crippen LogP) is 3.16. The maximum absolute atomic E-state index is 12.3. The largest absolute Gasteiger partial charge is 0.326 e. The Morgan fingerprint density at radius 2 is 1.71 bits per heavy atom. The van der Waals surface area contributed by atoms with Gasteiger partial charge in [0.15, 0.2) is 0 Å². The van der Waals surface area contributed by atoms with Crippen LogP contribution in [0.5, 0.6) is 0 Å². The summed E-state index contributed by atoms with van der Waals surface area (Å²) in [6.07, 6.45) is 0.902. The molecular weight excluding hydrogens is 308 g/mol. The number of rotatable bonds is 5. The highest BCUT2D eigenvalue weighted by atomic mass is 35.5. The normalized spacial score (nSPS) is 11.4. The lowest BCUT2D eigenvalue weighted by molar-refractivity contribution is 0.601. The zero-order valence-corrected chi connectivity index (χ0v) is 13.2. The first kappa shape index (κ1) is 15.8. The Morgan fingerprint density at radius 3 is 2.24 bits per heavy atom. The molecule has 2 aromatic rings. The average Bonchev–Trinajstić information content (AvgIpc) is 2.47. The molecule has 0 aromatic heterocycles. The smallest absolute Gasteiger partial charge is 0.263 e. The standard InChI is InChI=1S/C15H17ClN2O2S/c1-2-11-3-6-13(7-4-11)18-21(19,20)15-8-5-12(10-17)9-14(15)16/h3-9,18H,2,10,17H2,1H3. The molecule has 3 N–H and O–H groups in total. The molecule has 0 fully saturated rings. The third-order valence-electron chi connectivity index (χ3n) is 3.14. The molecule has 2 aromatic carbocycles. The lowest BCUT2D eigenvalue weighted by Gasteiger charge is -2.10. The van der Waals surface area contributed by atoms with E-state index in [1.165, 1.54) is 6.07 Å². The van der Waals surface area contributed by atoms with Crippen LogP contribution in [0.4, 0.5) is 5.69 Å². The van der Waals surface area contributed by atoms with Crippen molar-refractivity contribution in [3.8, 4) is 0 Å². The number of anilines is 1. The number of nitrogens with two attached hydrogens (primary N) is 1. The molecule has 2 rings (SSSR count). The van der Waals surface area contributed by atoms with Gasteiger partial charge < -0.3 is 5.73 Å². The Hall–Kier alpha value is -1.56. The fourth-order valence-corrected chi connectivity index (χ4v) is 3.53. The lowest BCUT2D eigenvalue weighted by Crippen LogP contribution is -2.13. The van der Waals surface area contributed by atoms with Crippen LogP contribution < -0.4 is 10.5 Å². The van der Waals surface area contributed by atoms with Crippen LogP contribution in [0.15, 0.2) is 47.4 Å². The van der Waals surface area contributed by atoms with Gasteiger partial charge in [-0.1, -0.05) is 36.7 Å². The molecule has 0 saturated carbocycles. The molecular formula is C15H17ClN2O2S. The summed E-state index contributed by atoms with van der Waals surface area (Å²) in [6, 6.07) is 11.9. The van der Waals surface area contributed by atoms with E-state index in [0.717, 1.165) is 17.5 Å². The summed E-state index contributed by atoms with van der Waals surface area (Å²) in [5.74, 6) is 0. The number of hydrogen-bond acceptors (Lipinski definition) is 3. The van der Waals surface area contributed by atoms with Crippen LogP contribution in [0.1, 0.15) is 18.1 Å². The minimum atomic E-state index is -3.71. The van der Waals surface area contributed by atoms with Gasteiger partial charge in [-0.3, -0.25) is 4.72 Å². The van der Waals surface area contributed by atoms with E-state index in [1.54, 1.807) is 24.3 Å². The maximum atomic E-state index is 12.3. The van der Waals surface area contributed by atoms with E-state index in [0.29, 0.717) is 12.2 Å². The summed E-state index contributed by atoms with van der Waals surface area (Å²) >= 11 is 6.03. The molecule has 0 saturated heterocycles. The van der Waals surface area contributed by atoms with Crippen LogP contribution in [0.2, 0.25) is 5.02 Å². The van der Waals surface area contributed by atoms with Crippen molar-refractivity contribution in [2.24, 2.45) is 5.73 Å². The Bertz CT molecular complexity index is 728. The summed E-state index contributed by atoms with van der Waals surface area (Å²) in [5.41, 5.74) is 7.94. The van der Waals surface area contributed by atoms with Gasteiger partial charge in [-0.25, -0.2) is 8.42 Å². The molecule has 4 nitrogen and oxygen atoms in total. The second kappa shape index (κ2) is 6.47. The first-order valence-corrected chi connectivity index (χ1v) is 8.42. The van der Waals surface area contributed by atoms with Crippen molar-refractivity contribution < 1.29 is 8.42 Å². The zero-order chi connectivity index (χ0) is 15.5. The Morgan fingerprint density at radius 1 is 1.10 bits per heavy atom. The van der Waals surface area contributed by atoms with Crippen molar-refractivity contribution in [1.82, 2.24) is 0 Å². The quantitative estimate of drug-likeness (QED) is 0.887. The highest BCUT2D eigenvalue weighted by Crippen LogP contribution is 2.25. The number of aryl methyl sites for hydroxylation is 1. The number of benzene rings is 2. The highest BCUT2D eigenvalue weighted by Gasteiger charge is 2.18. The van der Waals surface area contributed by atoms with Gasteiger partial charge in [0, 0.05) is 12.2 Å². The highest BCUT2D eigenvalue weighted by molar-refractivity contribution is 7.92. The predicted molar refractivity (Wildman–Crippen MR) is 86.0 cm³/mol. The van der Waals surface area contributed by atoms with Gasteiger partial charge >= 0.3 is 0 Å². The topological polar surface area (TPSA) is 72.2 Å². The number of sulfonamides is 1. The molecule has 112 valence electrons. The second-order valence-electron chi connectivity index (χ2n) is 4.62. The van der Waals surface area contributed by atoms with Gasteiger partial charge in [0.25, 0.3) is 10.0 Å². The molecule has 0 spiro atoms. The first-order valence-electron chi connectivity index (χ1n) is 6.56. The maximum Gasteiger partial charge on any atom is 0.263 e. The van der Waals surface area contributed by atoms with Crippen LogP contribution in [0.3, 0.4) is 0 Å². The van der Waals surface area contributed by atoms with Crippen molar-refractivity contribution in [3.63, 3.8) is 0 Å². The molecule has 6 heteroatoms. The van der Waals surface area contributed by atoms with Gasteiger partial charge in [0.05, 0.1) is 5.02 Å². The first-order chi connectivity index (χ1) is 9.96. The minimum absolute atomic E-state index is 0.0425. The molecule has 0 amide bonds. The molecule has 0 aliphatic rings. The third kappa shape index (κ3) is 3.75. The Labute approximate surface area is 130 Å². The summed E-state index contributed by atoms with van der Waals surface area (Å²) in [4.78, 5) is 0.0425. The average molecular weight is 325 g/mol. The van der Waals surface area contributed by atoms with Crippen LogP contribution in [-0.2, 0) is 23.0 Å². The molecule has 0 radical (unpaired) electrons. The lowest BCUT2D eigenvalue weighted by atomic mass is 10.2. The van der Waals surface area contributed by atoms with Crippen LogP contribution in [0, 0.1) is 0 Å². The molecule has 0 aliphatic heterocycles. The van der Waals surface area contributed by atoms with Gasteiger partial charge in [-0.05, 0) is 41.8 Å². The van der Waals surface area contributed by atoms with E-state index in [4.69, 9.17) is 17.3 Å². The molecule has 0 bridgehead atoms. The minimum Gasteiger partial charge on any atom is -0.326 e. The number of hydrogen-bond donors (Lipinski definition) is 2. The van der Waals surface area contributed by atoms with Crippen molar-refractivity contribution in [2.75, 3.05) is 4.72 Å². The Kier molecular flexibility index (Phi) is 4.88. The van der Waals surface area contributed by atoms with E-state index >= 15 is 0 Å². The van der Waals surface area contributed by atoms with Gasteiger partial charge in [0.1, 0.15) is 4.90 Å². The van der Waals surface area contributed by atoms with Gasteiger partial charge in [0.2, 0.25) is 0 Å². The molecule has 0 aliphatic carbocycles. The third-order valence-corrected chi connectivity index (χ3v) is 5.00. The van der Waals surface area contributed by atoms with E-state index in [9.17, 15) is 8.42 Å².